The molecule has 2 aromatic rings. The maximum atomic E-state index is 12.6. The quantitative estimate of drug-likeness (QED) is 0.674. The van der Waals surface area contributed by atoms with E-state index in [1.165, 1.54) is 17.0 Å². The molecule has 0 atom stereocenters. The summed E-state index contributed by atoms with van der Waals surface area (Å²) in [4.78, 5) is 14.1. The Hall–Kier alpha value is -1.96. The predicted molar refractivity (Wildman–Crippen MR) is 108 cm³/mol. The van der Waals surface area contributed by atoms with Crippen LogP contribution in [0.2, 0.25) is 10.0 Å². The Morgan fingerprint density at radius 1 is 1.11 bits per heavy atom. The molecule has 0 fully saturated rings. The van der Waals surface area contributed by atoms with Crippen molar-refractivity contribution in [3.8, 4) is 5.75 Å². The summed E-state index contributed by atoms with van der Waals surface area (Å²) in [6.45, 7) is -0.0603. The fourth-order valence-electron chi connectivity index (χ4n) is 2.39. The van der Waals surface area contributed by atoms with Crippen molar-refractivity contribution in [3.63, 3.8) is 0 Å². The summed E-state index contributed by atoms with van der Waals surface area (Å²) in [5.74, 6) is 0.332. The highest BCUT2D eigenvalue weighted by Gasteiger charge is 2.25. The zero-order chi connectivity index (χ0) is 20.2. The first-order chi connectivity index (χ1) is 12.6. The molecule has 0 heterocycles. The van der Waals surface area contributed by atoms with Crippen molar-refractivity contribution in [1.82, 2.24) is 4.90 Å². The maximum absolute atomic E-state index is 12.6. The van der Waals surface area contributed by atoms with Gasteiger partial charge in [0, 0.05) is 18.6 Å². The second-order valence-electron chi connectivity index (χ2n) is 5.96. The van der Waals surface area contributed by atoms with E-state index in [0.29, 0.717) is 17.3 Å². The van der Waals surface area contributed by atoms with E-state index in [2.05, 4.69) is 0 Å². The molecule has 0 aliphatic rings. The Balaban J connectivity index is 2.19. The summed E-state index contributed by atoms with van der Waals surface area (Å²) in [6, 6.07) is 11.7. The number of methoxy groups -OCH3 is 1. The summed E-state index contributed by atoms with van der Waals surface area (Å²) in [5.41, 5.74) is 1.05. The minimum absolute atomic E-state index is 0.165. The van der Waals surface area contributed by atoms with Crippen LogP contribution in [0.5, 0.6) is 5.75 Å². The summed E-state index contributed by atoms with van der Waals surface area (Å²) >= 11 is 12.1. The van der Waals surface area contributed by atoms with Gasteiger partial charge in [-0.2, -0.15) is 0 Å². The van der Waals surface area contributed by atoms with E-state index in [4.69, 9.17) is 27.9 Å². The molecule has 0 bridgehead atoms. The van der Waals surface area contributed by atoms with Gasteiger partial charge in [0.25, 0.3) is 0 Å². The molecule has 9 heteroatoms. The molecule has 0 spiro atoms. The number of carbonyl (C=O) groups excluding carboxylic acids is 1. The van der Waals surface area contributed by atoms with Gasteiger partial charge >= 0.3 is 0 Å². The molecule has 2 rings (SSSR count). The lowest BCUT2D eigenvalue weighted by Crippen LogP contribution is -2.41. The van der Waals surface area contributed by atoms with Gasteiger partial charge in [-0.15, -0.1) is 0 Å². The molecule has 1 amide bonds. The first-order valence-electron chi connectivity index (χ1n) is 7.91. The van der Waals surface area contributed by atoms with Crippen LogP contribution in [-0.2, 0) is 21.4 Å². The van der Waals surface area contributed by atoms with E-state index in [1.54, 1.807) is 32.4 Å². The summed E-state index contributed by atoms with van der Waals surface area (Å²) in [7, 11) is -0.563. The second kappa shape index (κ2) is 8.82. The van der Waals surface area contributed by atoms with Gasteiger partial charge in [-0.05, 0) is 35.9 Å². The third-order valence-corrected chi connectivity index (χ3v) is 5.54. The SMILES string of the molecule is COc1ccc(CN(C)C(=O)CN(c2cc(Cl)ccc2Cl)S(C)(=O)=O)cc1. The van der Waals surface area contributed by atoms with Crippen molar-refractivity contribution in [1.29, 1.82) is 0 Å². The number of carbonyl (C=O) groups is 1. The van der Waals surface area contributed by atoms with Crippen LogP contribution in [0, 0.1) is 0 Å². The predicted octanol–water partition coefficient (Wildman–Crippen LogP) is 3.43. The maximum Gasteiger partial charge on any atom is 0.243 e. The van der Waals surface area contributed by atoms with Gasteiger partial charge < -0.3 is 9.64 Å². The van der Waals surface area contributed by atoms with Crippen molar-refractivity contribution in [2.75, 3.05) is 31.3 Å². The van der Waals surface area contributed by atoms with Gasteiger partial charge in [0.2, 0.25) is 15.9 Å². The number of sulfonamides is 1. The lowest BCUT2D eigenvalue weighted by atomic mass is 10.2. The zero-order valence-corrected chi connectivity index (χ0v) is 17.5. The third-order valence-electron chi connectivity index (χ3n) is 3.86. The molecule has 2 aromatic carbocycles. The highest BCUT2D eigenvalue weighted by molar-refractivity contribution is 7.92. The third kappa shape index (κ3) is 5.76. The van der Waals surface area contributed by atoms with Gasteiger partial charge in [0.1, 0.15) is 12.3 Å². The van der Waals surface area contributed by atoms with Crippen LogP contribution in [0.4, 0.5) is 5.69 Å². The first kappa shape index (κ1) is 21.3. The minimum atomic E-state index is -3.74. The summed E-state index contributed by atoms with van der Waals surface area (Å²) in [6.07, 6.45) is 1.01. The van der Waals surface area contributed by atoms with Gasteiger partial charge in [0.15, 0.2) is 0 Å². The Morgan fingerprint density at radius 2 is 1.74 bits per heavy atom. The highest BCUT2D eigenvalue weighted by atomic mass is 35.5. The van der Waals surface area contributed by atoms with Crippen LogP contribution in [0.15, 0.2) is 42.5 Å². The van der Waals surface area contributed by atoms with Gasteiger partial charge in [0.05, 0.1) is 24.1 Å². The molecule has 0 saturated carbocycles. The van der Waals surface area contributed by atoms with Crippen LogP contribution in [0.3, 0.4) is 0 Å². The van der Waals surface area contributed by atoms with Gasteiger partial charge in [-0.3, -0.25) is 9.10 Å². The normalized spacial score (nSPS) is 11.1. The summed E-state index contributed by atoms with van der Waals surface area (Å²) < 4.78 is 30.5. The molecule has 146 valence electrons. The molecule has 0 aromatic heterocycles. The number of rotatable bonds is 7. The smallest absolute Gasteiger partial charge is 0.243 e. The van der Waals surface area contributed by atoms with E-state index < -0.39 is 10.0 Å². The molecule has 0 N–H and O–H groups in total. The fourth-order valence-corrected chi connectivity index (χ4v) is 3.68. The number of likely N-dealkylation sites (N-methyl/N-ethyl adjacent to an activating group) is 1. The fraction of sp³-hybridized carbons (Fsp3) is 0.278. The molecular weight excluding hydrogens is 411 g/mol. The van der Waals surface area contributed by atoms with E-state index in [1.807, 2.05) is 12.1 Å². The molecular formula is C18H20Cl2N2O4S. The number of ether oxygens (including phenoxy) is 1. The topological polar surface area (TPSA) is 66.9 Å². The average molecular weight is 431 g/mol. The van der Waals surface area contributed by atoms with Crippen molar-refractivity contribution in [2.24, 2.45) is 0 Å². The number of nitrogens with zero attached hydrogens (tertiary/aromatic N) is 2. The Bertz CT molecular complexity index is 917. The van der Waals surface area contributed by atoms with E-state index in [0.717, 1.165) is 16.1 Å². The number of halogens is 2. The molecule has 0 radical (unpaired) electrons. The van der Waals surface area contributed by atoms with E-state index >= 15 is 0 Å². The standard InChI is InChI=1S/C18H20Cl2N2O4S/c1-21(11-13-4-7-15(26-2)8-5-13)18(23)12-22(27(3,24)25)17-10-14(19)6-9-16(17)20/h4-10H,11-12H2,1-3H3. The Labute approximate surface area is 169 Å². The van der Waals surface area contributed by atoms with Crippen molar-refractivity contribution in [3.05, 3.63) is 58.1 Å². The highest BCUT2D eigenvalue weighted by Crippen LogP contribution is 2.30. The van der Waals surface area contributed by atoms with E-state index in [9.17, 15) is 13.2 Å². The number of hydrogen-bond acceptors (Lipinski definition) is 4. The average Bonchev–Trinajstić information content (AvgIpc) is 2.61. The minimum Gasteiger partial charge on any atom is -0.497 e. The number of benzene rings is 2. The Kier molecular flexibility index (Phi) is 6.97. The van der Waals surface area contributed by atoms with Crippen LogP contribution < -0.4 is 9.04 Å². The van der Waals surface area contributed by atoms with E-state index in [-0.39, 0.29) is 23.2 Å². The van der Waals surface area contributed by atoms with Gasteiger partial charge in [-0.1, -0.05) is 35.3 Å². The lowest BCUT2D eigenvalue weighted by molar-refractivity contribution is -0.128. The van der Waals surface area contributed by atoms with Gasteiger partial charge in [-0.25, -0.2) is 8.42 Å². The molecule has 0 unspecified atom stereocenters. The Morgan fingerprint density at radius 3 is 2.30 bits per heavy atom. The van der Waals surface area contributed by atoms with Crippen LogP contribution >= 0.6 is 23.2 Å². The second-order valence-corrected chi connectivity index (χ2v) is 8.71. The van der Waals surface area contributed by atoms with Crippen LogP contribution in [-0.4, -0.2) is 46.2 Å². The van der Waals surface area contributed by atoms with Crippen LogP contribution in [0.1, 0.15) is 5.56 Å². The molecule has 0 aliphatic heterocycles. The van der Waals surface area contributed by atoms with Crippen molar-refractivity contribution < 1.29 is 17.9 Å². The number of amides is 1. The van der Waals surface area contributed by atoms with Crippen molar-refractivity contribution in [2.45, 2.75) is 6.54 Å². The first-order valence-corrected chi connectivity index (χ1v) is 10.5. The lowest BCUT2D eigenvalue weighted by Gasteiger charge is -2.26. The van der Waals surface area contributed by atoms with Crippen molar-refractivity contribution >= 4 is 44.8 Å². The van der Waals surface area contributed by atoms with Crippen LogP contribution in [0.25, 0.3) is 0 Å². The molecule has 0 aliphatic carbocycles. The summed E-state index contributed by atoms with van der Waals surface area (Å²) in [5, 5.41) is 0.512. The number of hydrogen-bond donors (Lipinski definition) is 0. The largest absolute Gasteiger partial charge is 0.497 e. The molecule has 27 heavy (non-hydrogen) atoms. The molecule has 0 saturated heterocycles. The number of anilines is 1. The molecule has 6 nitrogen and oxygen atoms in total. The monoisotopic (exact) mass is 430 g/mol. The zero-order valence-electron chi connectivity index (χ0n) is 15.1.